The van der Waals surface area contributed by atoms with Gasteiger partial charge in [0.15, 0.2) is 0 Å². The molecule has 0 atom stereocenters. The lowest BCUT2D eigenvalue weighted by Gasteiger charge is -2.36. The Morgan fingerprint density at radius 2 is 1.64 bits per heavy atom. The average molecular weight is 477 g/mol. The first-order chi connectivity index (χ1) is 16.2. The molecule has 4 aromatic rings. The summed E-state index contributed by atoms with van der Waals surface area (Å²) < 4.78 is 13.2. The molecule has 0 saturated carbocycles. The Balaban J connectivity index is 1.18. The molecule has 3 aromatic carbocycles. The molecule has 0 radical (unpaired) electrons. The number of thiazole rings is 1. The number of carbonyl (C=O) groups is 1. The topological polar surface area (TPSA) is 51.7 Å². The van der Waals surface area contributed by atoms with Crippen LogP contribution in [0, 0.1) is 0 Å². The molecule has 1 fully saturated rings. The van der Waals surface area contributed by atoms with Crippen molar-refractivity contribution in [2.24, 2.45) is 0 Å². The molecule has 7 heteroatoms. The number of carbonyl (C=O) groups excluding carboxylic acids is 1. The summed E-state index contributed by atoms with van der Waals surface area (Å²) in [4.78, 5) is 20.2. The molecular weight excluding hydrogens is 456 g/mol. The molecule has 0 spiro atoms. The third kappa shape index (κ3) is 3.73. The summed E-state index contributed by atoms with van der Waals surface area (Å²) in [7, 11) is 0. The highest BCUT2D eigenvalue weighted by Crippen LogP contribution is 2.45. The molecule has 2 aliphatic heterocycles. The van der Waals surface area contributed by atoms with E-state index in [0.717, 1.165) is 45.7 Å². The molecular formula is C26H21ClN2O3S. The van der Waals surface area contributed by atoms with E-state index in [1.165, 1.54) is 11.3 Å². The monoisotopic (exact) mass is 476 g/mol. The Morgan fingerprint density at radius 3 is 2.30 bits per heavy atom. The summed E-state index contributed by atoms with van der Waals surface area (Å²) in [6.45, 7) is 1.30. The fraction of sp³-hybridized carbons (Fsp3) is 0.231. The minimum Gasteiger partial charge on any atom is -0.467 e. The molecule has 33 heavy (non-hydrogen) atoms. The number of piperidine rings is 1. The minimum absolute atomic E-state index is 0.0302. The van der Waals surface area contributed by atoms with E-state index >= 15 is 0 Å². The molecule has 166 valence electrons. The van der Waals surface area contributed by atoms with Gasteiger partial charge in [0.2, 0.25) is 5.91 Å². The Morgan fingerprint density at radius 1 is 0.970 bits per heavy atom. The van der Waals surface area contributed by atoms with Crippen molar-refractivity contribution in [1.82, 2.24) is 9.88 Å². The van der Waals surface area contributed by atoms with Gasteiger partial charge in [0.25, 0.3) is 5.19 Å². The molecule has 1 saturated heterocycles. The molecule has 0 N–H and O–H groups in total. The van der Waals surface area contributed by atoms with Crippen molar-refractivity contribution in [2.75, 3.05) is 13.1 Å². The zero-order chi connectivity index (χ0) is 22.4. The summed E-state index contributed by atoms with van der Waals surface area (Å²) in [5.74, 6) is 1.27. The van der Waals surface area contributed by atoms with E-state index < -0.39 is 0 Å². The highest BCUT2D eigenvalue weighted by atomic mass is 35.5. The molecule has 5 nitrogen and oxygen atoms in total. The number of ether oxygens (including phenoxy) is 2. The zero-order valence-electron chi connectivity index (χ0n) is 17.7. The van der Waals surface area contributed by atoms with Crippen LogP contribution in [0.5, 0.6) is 16.7 Å². The zero-order valence-corrected chi connectivity index (χ0v) is 19.3. The van der Waals surface area contributed by atoms with Crippen molar-refractivity contribution in [1.29, 1.82) is 0 Å². The van der Waals surface area contributed by atoms with Crippen molar-refractivity contribution in [3.05, 3.63) is 82.9 Å². The SMILES string of the molecule is O=C(C1c2ccccc2Oc2ccccc21)N1CCC(Oc2nc3c(Cl)cccc3s2)CC1. The van der Waals surface area contributed by atoms with Crippen LogP contribution in [-0.4, -0.2) is 35.0 Å². The number of hydrogen-bond acceptors (Lipinski definition) is 5. The summed E-state index contributed by atoms with van der Waals surface area (Å²) in [5, 5.41) is 1.27. The van der Waals surface area contributed by atoms with E-state index in [2.05, 4.69) is 4.98 Å². The van der Waals surface area contributed by atoms with Gasteiger partial charge in [-0.05, 0) is 24.3 Å². The number of halogens is 1. The van der Waals surface area contributed by atoms with Crippen molar-refractivity contribution in [3.63, 3.8) is 0 Å². The third-order valence-electron chi connectivity index (χ3n) is 6.30. The van der Waals surface area contributed by atoms with Gasteiger partial charge in [-0.15, -0.1) is 0 Å². The van der Waals surface area contributed by atoms with E-state index in [1.807, 2.05) is 71.6 Å². The maximum Gasteiger partial charge on any atom is 0.274 e. The predicted octanol–water partition coefficient (Wildman–Crippen LogP) is 6.26. The van der Waals surface area contributed by atoms with Crippen LogP contribution < -0.4 is 9.47 Å². The van der Waals surface area contributed by atoms with Gasteiger partial charge >= 0.3 is 0 Å². The normalized spacial score (nSPS) is 16.2. The number of rotatable bonds is 3. The van der Waals surface area contributed by atoms with Crippen molar-refractivity contribution >= 4 is 39.1 Å². The van der Waals surface area contributed by atoms with Crippen molar-refractivity contribution in [3.8, 4) is 16.7 Å². The minimum atomic E-state index is -0.352. The van der Waals surface area contributed by atoms with Crippen molar-refractivity contribution in [2.45, 2.75) is 24.9 Å². The van der Waals surface area contributed by atoms with Crippen LogP contribution in [0.15, 0.2) is 66.7 Å². The van der Waals surface area contributed by atoms with Crippen LogP contribution in [0.25, 0.3) is 10.2 Å². The summed E-state index contributed by atoms with van der Waals surface area (Å²) >= 11 is 7.76. The fourth-order valence-electron chi connectivity index (χ4n) is 4.64. The summed E-state index contributed by atoms with van der Waals surface area (Å²) in [6.07, 6.45) is 1.56. The van der Waals surface area contributed by atoms with Gasteiger partial charge in [0, 0.05) is 37.1 Å². The molecule has 0 aliphatic carbocycles. The maximum absolute atomic E-state index is 13.7. The average Bonchev–Trinajstić information content (AvgIpc) is 3.26. The number of amides is 1. The van der Waals surface area contributed by atoms with E-state index in [1.54, 1.807) is 0 Å². The highest BCUT2D eigenvalue weighted by molar-refractivity contribution is 7.20. The quantitative estimate of drug-likeness (QED) is 0.350. The van der Waals surface area contributed by atoms with Crippen LogP contribution in [0.4, 0.5) is 0 Å². The van der Waals surface area contributed by atoms with Crippen LogP contribution in [0.1, 0.15) is 29.9 Å². The van der Waals surface area contributed by atoms with E-state index in [0.29, 0.717) is 23.3 Å². The molecule has 1 amide bonds. The smallest absolute Gasteiger partial charge is 0.274 e. The number of hydrogen-bond donors (Lipinski definition) is 0. The second kappa shape index (κ2) is 8.36. The van der Waals surface area contributed by atoms with Crippen LogP contribution in [0.2, 0.25) is 5.02 Å². The van der Waals surface area contributed by atoms with Gasteiger partial charge in [-0.25, -0.2) is 4.98 Å². The Hall–Kier alpha value is -3.09. The lowest BCUT2D eigenvalue weighted by atomic mass is 9.86. The van der Waals surface area contributed by atoms with Gasteiger partial charge in [-0.1, -0.05) is 65.4 Å². The van der Waals surface area contributed by atoms with Gasteiger partial charge in [0.1, 0.15) is 23.1 Å². The molecule has 0 bridgehead atoms. The van der Waals surface area contributed by atoms with Gasteiger partial charge in [-0.3, -0.25) is 4.79 Å². The van der Waals surface area contributed by atoms with Gasteiger partial charge < -0.3 is 14.4 Å². The fourth-order valence-corrected chi connectivity index (χ4v) is 5.82. The lowest BCUT2D eigenvalue weighted by Crippen LogP contribution is -2.44. The van der Waals surface area contributed by atoms with Crippen LogP contribution in [-0.2, 0) is 4.79 Å². The van der Waals surface area contributed by atoms with Gasteiger partial charge in [-0.2, -0.15) is 0 Å². The molecule has 6 rings (SSSR count). The first-order valence-corrected chi connectivity index (χ1v) is 12.2. The number of nitrogens with zero attached hydrogens (tertiary/aromatic N) is 2. The maximum atomic E-state index is 13.7. The van der Waals surface area contributed by atoms with E-state index in [-0.39, 0.29) is 17.9 Å². The van der Waals surface area contributed by atoms with Crippen LogP contribution >= 0.6 is 22.9 Å². The first-order valence-electron chi connectivity index (χ1n) is 11.0. The Kier molecular flexibility index (Phi) is 5.19. The van der Waals surface area contributed by atoms with Crippen molar-refractivity contribution < 1.29 is 14.3 Å². The molecule has 2 aliphatic rings. The number of benzene rings is 3. The summed E-state index contributed by atoms with van der Waals surface area (Å²) in [6, 6.07) is 21.4. The second-order valence-electron chi connectivity index (χ2n) is 8.32. The highest BCUT2D eigenvalue weighted by Gasteiger charge is 2.36. The molecule has 1 aromatic heterocycles. The van der Waals surface area contributed by atoms with Crippen LogP contribution in [0.3, 0.4) is 0 Å². The predicted molar refractivity (Wildman–Crippen MR) is 130 cm³/mol. The summed E-state index contributed by atoms with van der Waals surface area (Å²) in [5.41, 5.74) is 2.63. The molecule has 0 unspecified atom stereocenters. The van der Waals surface area contributed by atoms with E-state index in [9.17, 15) is 4.79 Å². The standard InChI is InChI=1S/C26H21ClN2O3S/c27-19-8-5-11-22-24(19)28-26(33-22)31-16-12-14-29(15-13-16)25(30)23-17-6-1-3-9-20(17)32-21-10-4-2-7-18(21)23/h1-11,16,23H,12-15H2. The van der Waals surface area contributed by atoms with E-state index in [4.69, 9.17) is 21.1 Å². The third-order valence-corrected chi connectivity index (χ3v) is 7.51. The Bertz CT molecular complexity index is 1300. The first kappa shape index (κ1) is 20.5. The largest absolute Gasteiger partial charge is 0.467 e. The molecule has 3 heterocycles. The number of likely N-dealkylation sites (tertiary alicyclic amines) is 1. The Labute approximate surface area is 200 Å². The number of fused-ring (bicyclic) bond motifs is 3. The number of aromatic nitrogens is 1. The van der Waals surface area contributed by atoms with Gasteiger partial charge in [0.05, 0.1) is 15.6 Å². The second-order valence-corrected chi connectivity index (χ2v) is 9.72. The lowest BCUT2D eigenvalue weighted by molar-refractivity contribution is -0.133. The number of para-hydroxylation sites is 3.